The summed E-state index contributed by atoms with van der Waals surface area (Å²) < 4.78 is 12.3. The molecule has 0 N–H and O–H groups in total. The molecule has 0 aliphatic heterocycles. The van der Waals surface area contributed by atoms with Crippen LogP contribution in [0.2, 0.25) is 0 Å². The second-order valence-corrected chi connectivity index (χ2v) is 20.9. The average Bonchev–Trinajstić information content (AvgIpc) is 4.03. The molecule has 0 saturated heterocycles. The Morgan fingerprint density at radius 1 is 0.369 bits per heavy atom. The summed E-state index contributed by atoms with van der Waals surface area (Å²) in [5.41, 5.74) is 30.9. The van der Waals surface area contributed by atoms with E-state index >= 15 is 0 Å². The van der Waals surface area contributed by atoms with E-state index in [1.54, 1.807) is 6.33 Å². The largest absolute Gasteiger partial charge is 0.452 e. The predicted octanol–water partition coefficient (Wildman–Crippen LogP) is -10.6. The lowest BCUT2D eigenvalue weighted by molar-refractivity contribution is 0.667. The van der Waals surface area contributed by atoms with Gasteiger partial charge in [0.15, 0.2) is 5.58 Å². The van der Waals surface area contributed by atoms with E-state index in [1.807, 2.05) is 22.7 Å². The number of aromatic nitrogens is 2. The average molecular weight is 852 g/mol. The highest BCUT2D eigenvalue weighted by Crippen LogP contribution is 2.41. The van der Waals surface area contributed by atoms with Crippen LogP contribution in [-0.4, -0.2) is 120 Å². The van der Waals surface area contributed by atoms with Crippen LogP contribution in [-0.2, 0) is 0 Å². The first-order valence-corrected chi connectivity index (χ1v) is 24.5. The summed E-state index contributed by atoms with van der Waals surface area (Å²) in [5.74, 6) is 0. The van der Waals surface area contributed by atoms with Crippen LogP contribution in [0.25, 0.3) is 107 Å². The third kappa shape index (κ3) is 5.99. The van der Waals surface area contributed by atoms with Gasteiger partial charge >= 0.3 is 0 Å². The van der Waals surface area contributed by atoms with E-state index in [-0.39, 0.29) is 0 Å². The van der Waals surface area contributed by atoms with Crippen LogP contribution in [0.3, 0.4) is 0 Å². The molecule has 3 nitrogen and oxygen atoms in total. The number of thiophene rings is 2. The number of benzene rings is 7. The summed E-state index contributed by atoms with van der Waals surface area (Å²) in [4.78, 5) is 9.78. The molecule has 0 saturated carbocycles. The van der Waals surface area contributed by atoms with Crippen LogP contribution in [0, 0.1) is 0 Å². The van der Waals surface area contributed by atoms with Gasteiger partial charge in [0.25, 0.3) is 0 Å². The van der Waals surface area contributed by atoms with Crippen molar-refractivity contribution < 1.29 is 4.42 Å². The lowest BCUT2D eigenvalue weighted by Gasteiger charge is -2.17. The first-order chi connectivity index (χ1) is 31.1. The van der Waals surface area contributed by atoms with Crippen LogP contribution in [0.15, 0.2) is 77.5 Å². The second-order valence-electron chi connectivity index (χ2n) is 18.9. The summed E-state index contributed by atoms with van der Waals surface area (Å²) in [6.45, 7) is 0. The Balaban J connectivity index is 1.04. The van der Waals surface area contributed by atoms with Gasteiger partial charge in [0.2, 0.25) is 0 Å². The molecule has 19 heteroatoms. The van der Waals surface area contributed by atoms with Crippen molar-refractivity contribution in [2.75, 3.05) is 0 Å². The highest BCUT2D eigenvalue weighted by Gasteiger charge is 2.24. The number of nitrogens with zero attached hydrogens (tertiary/aromatic N) is 2. The minimum Gasteiger partial charge on any atom is -0.452 e. The molecule has 0 radical (unpaired) electrons. The summed E-state index contributed by atoms with van der Waals surface area (Å²) in [7, 11) is 32.1. The van der Waals surface area contributed by atoms with E-state index < -0.39 is 0 Å². The van der Waals surface area contributed by atoms with E-state index in [0.717, 1.165) is 33.3 Å². The number of furan rings is 1. The van der Waals surface area contributed by atoms with Gasteiger partial charge in [-0.1, -0.05) is 86.2 Å². The topological polar surface area (TPSA) is 38.9 Å². The van der Waals surface area contributed by atoms with Crippen molar-refractivity contribution in [3.63, 3.8) is 0 Å². The Morgan fingerprint density at radius 3 is 1.31 bits per heavy atom. The van der Waals surface area contributed by atoms with Gasteiger partial charge < -0.3 is 4.42 Å². The Morgan fingerprint density at radius 2 is 0.785 bits per heavy atom. The molecule has 4 aromatic heterocycles. The first kappa shape index (κ1) is 42.4. The Hall–Kier alpha value is -5.23. The third-order valence-corrected chi connectivity index (χ3v) is 18.6. The van der Waals surface area contributed by atoms with E-state index in [9.17, 15) is 0 Å². The van der Waals surface area contributed by atoms with Crippen molar-refractivity contribution in [1.29, 1.82) is 0 Å². The van der Waals surface area contributed by atoms with Gasteiger partial charge in [0.05, 0.1) is 0 Å². The van der Waals surface area contributed by atoms with Gasteiger partial charge in [0.1, 0.15) is 133 Å². The Kier molecular flexibility index (Phi) is 9.89. The van der Waals surface area contributed by atoms with Crippen LogP contribution < -0.4 is 76.5 Å². The molecule has 4 heterocycles. The van der Waals surface area contributed by atoms with Gasteiger partial charge in [-0.15, -0.1) is 55.5 Å². The van der Waals surface area contributed by atoms with Crippen molar-refractivity contribution >= 4 is 271 Å². The molecule has 0 fully saturated rings. The zero-order chi connectivity index (χ0) is 45.7. The van der Waals surface area contributed by atoms with Crippen LogP contribution in [0.1, 0.15) is 0 Å². The predicted molar refractivity (Wildman–Crippen MR) is 331 cm³/mol. The van der Waals surface area contributed by atoms with Gasteiger partial charge in [-0.3, -0.25) is 0 Å². The van der Waals surface area contributed by atoms with Gasteiger partial charge in [-0.2, -0.15) is 0 Å². The Bertz CT molecular complexity index is 3970. The minimum atomic E-state index is 0.709. The SMILES string of the molecule is Bc1c(B)c(B)c2c(sc3c(-c4cccc(-c5ccc6oc7c(-c8cccc(-c9c(B)c(B)c(B)c%10c9sc9c(B)c(B)c(B)c(B)c9%10)c8)ncnc7c6c5)c4)c(B)c(B)c(B)c32)c1B. The van der Waals surface area contributed by atoms with Crippen molar-refractivity contribution in [1.82, 2.24) is 9.97 Å². The lowest BCUT2D eigenvalue weighted by Crippen LogP contribution is -2.47. The van der Waals surface area contributed by atoms with Gasteiger partial charge in [0, 0.05) is 29.7 Å². The molecular weight excluding hydrogens is 812 g/mol. The van der Waals surface area contributed by atoms with E-state index in [2.05, 4.69) is 177 Å². The van der Waals surface area contributed by atoms with Crippen LogP contribution >= 0.6 is 22.7 Å². The highest BCUT2D eigenvalue weighted by atomic mass is 32.1. The second kappa shape index (κ2) is 15.2. The standard InChI is InChI=1S/C46H40B14N2OS2/c47-26-20(43-22(28(49)32(26)53)24-30(51)34(55)36(57)38(59)45(24)64-43)15-4-1-3-13(9-15)14-7-8-19-18(11-14)41-42(63-19)40(61-12-62-41)17-6-2-5-16(10-17)21-27(48)33(54)29(50)23-25-31(52)35(56)37(58)39(60)46(25)65-44(21)23/h1-12H,47-60H2. The van der Waals surface area contributed by atoms with Crippen molar-refractivity contribution in [2.24, 2.45) is 0 Å². The molecule has 0 unspecified atom stereocenters. The van der Waals surface area contributed by atoms with Crippen molar-refractivity contribution in [2.45, 2.75) is 0 Å². The molecule has 11 aromatic rings. The number of fused-ring (bicyclic) bond motifs is 9. The van der Waals surface area contributed by atoms with Crippen molar-refractivity contribution in [3.8, 4) is 44.6 Å². The van der Waals surface area contributed by atoms with E-state index in [0.29, 0.717) is 5.58 Å². The summed E-state index contributed by atoms with van der Waals surface area (Å²) in [6, 6.07) is 24.5. The molecule has 294 valence electrons. The monoisotopic (exact) mass is 854 g/mol. The van der Waals surface area contributed by atoms with Gasteiger partial charge in [-0.05, 0) is 79.2 Å². The van der Waals surface area contributed by atoms with E-state index in [4.69, 9.17) is 14.4 Å². The maximum atomic E-state index is 6.72. The first-order valence-electron chi connectivity index (χ1n) is 22.8. The van der Waals surface area contributed by atoms with Crippen molar-refractivity contribution in [3.05, 3.63) is 73.1 Å². The fourth-order valence-electron chi connectivity index (χ4n) is 11.0. The van der Waals surface area contributed by atoms with E-state index in [1.165, 1.54) is 145 Å². The summed E-state index contributed by atoms with van der Waals surface area (Å²) in [6.07, 6.45) is 1.69. The molecule has 11 rings (SSSR count). The normalized spacial score (nSPS) is 11.9. The molecule has 0 spiro atoms. The fraction of sp³-hybridized carbons (Fsp3) is 0. The van der Waals surface area contributed by atoms with Crippen LogP contribution in [0.4, 0.5) is 0 Å². The summed E-state index contributed by atoms with van der Waals surface area (Å²) >= 11 is 3.92. The zero-order valence-corrected chi connectivity index (χ0v) is 41.7. The molecule has 0 atom stereocenters. The zero-order valence-electron chi connectivity index (χ0n) is 40.0. The minimum absolute atomic E-state index is 0.709. The maximum absolute atomic E-state index is 6.72. The number of hydrogen-bond acceptors (Lipinski definition) is 5. The Labute approximate surface area is 400 Å². The summed E-state index contributed by atoms with van der Waals surface area (Å²) in [5, 5.41) is 6.64. The molecule has 65 heavy (non-hydrogen) atoms. The quantitative estimate of drug-likeness (QED) is 0.166. The number of hydrogen-bond donors (Lipinski definition) is 0. The molecule has 0 bridgehead atoms. The highest BCUT2D eigenvalue weighted by molar-refractivity contribution is 7.29. The number of rotatable bonds is 4. The van der Waals surface area contributed by atoms with Gasteiger partial charge in [-0.25, -0.2) is 9.97 Å². The molecule has 7 aromatic carbocycles. The molecular formula is C46H40B14N2OS2. The third-order valence-electron chi connectivity index (χ3n) is 16.0. The lowest BCUT2D eigenvalue weighted by atomic mass is 9.64. The molecule has 0 amide bonds. The smallest absolute Gasteiger partial charge is 0.180 e. The molecule has 0 aliphatic carbocycles. The fourth-order valence-corrected chi connectivity index (χ4v) is 14.2. The van der Waals surface area contributed by atoms with Crippen LogP contribution in [0.5, 0.6) is 0 Å². The maximum Gasteiger partial charge on any atom is 0.180 e. The molecule has 0 aliphatic rings.